The molecule has 20 heavy (non-hydrogen) atoms. The van der Waals surface area contributed by atoms with Gasteiger partial charge in [0.25, 0.3) is 0 Å². The summed E-state index contributed by atoms with van der Waals surface area (Å²) >= 11 is 0. The van der Waals surface area contributed by atoms with Crippen LogP contribution in [0.1, 0.15) is 10.5 Å². The van der Waals surface area contributed by atoms with Crippen LogP contribution in [0.25, 0.3) is 0 Å². The minimum Gasteiger partial charge on any atom is -0.477 e. The topological polar surface area (TPSA) is 109 Å². The van der Waals surface area contributed by atoms with E-state index in [0.29, 0.717) is 0 Å². The first kappa shape index (κ1) is 16.6. The fourth-order valence-corrected chi connectivity index (χ4v) is 2.94. The van der Waals surface area contributed by atoms with Crippen LogP contribution in [0.4, 0.5) is 0 Å². The average molecular weight is 306 g/mol. The first-order valence-corrected chi connectivity index (χ1v) is 7.27. The van der Waals surface area contributed by atoms with Crippen molar-refractivity contribution in [1.82, 2.24) is 9.29 Å². The Balaban J connectivity index is 2.97. The number of carboxylic acids is 1. The lowest BCUT2D eigenvalue weighted by Gasteiger charge is -2.20. The monoisotopic (exact) mass is 306 g/mol. The molecule has 8 nitrogen and oxygen atoms in total. The number of hydrogen-bond acceptors (Lipinski definition) is 5. The van der Waals surface area contributed by atoms with Crippen LogP contribution in [-0.2, 0) is 19.5 Å². The molecule has 1 heterocycles. The minimum absolute atomic E-state index is 0.0953. The predicted octanol–water partition coefficient (Wildman–Crippen LogP) is -0.00360. The normalized spacial score (nSPS) is 11.9. The van der Waals surface area contributed by atoms with Gasteiger partial charge in [0.2, 0.25) is 10.0 Å². The molecule has 114 valence electrons. The van der Waals surface area contributed by atoms with E-state index < -0.39 is 16.0 Å². The van der Waals surface area contributed by atoms with E-state index in [1.807, 2.05) is 0 Å². The molecule has 0 saturated carbocycles. The number of rotatable bonds is 9. The zero-order valence-corrected chi connectivity index (χ0v) is 12.1. The second-order valence-electron chi connectivity index (χ2n) is 3.94. The Kier molecular flexibility index (Phi) is 6.14. The summed E-state index contributed by atoms with van der Waals surface area (Å²) in [5.74, 6) is -1.22. The Morgan fingerprint density at radius 1 is 1.30 bits per heavy atom. The van der Waals surface area contributed by atoms with E-state index in [-0.39, 0.29) is 36.9 Å². The maximum absolute atomic E-state index is 12.4. The summed E-state index contributed by atoms with van der Waals surface area (Å²) in [5, 5.41) is 8.81. The van der Waals surface area contributed by atoms with Gasteiger partial charge in [0.05, 0.1) is 13.2 Å². The van der Waals surface area contributed by atoms with Gasteiger partial charge in [0.1, 0.15) is 10.6 Å². The zero-order valence-electron chi connectivity index (χ0n) is 11.3. The number of nitrogens with zero attached hydrogens (tertiary/aromatic N) is 1. The number of nitrogens with one attached hydrogen (secondary N) is 1. The van der Waals surface area contributed by atoms with Crippen LogP contribution in [0.2, 0.25) is 0 Å². The number of sulfonamides is 1. The highest BCUT2D eigenvalue weighted by Gasteiger charge is 2.26. The highest BCUT2D eigenvalue weighted by Crippen LogP contribution is 2.16. The van der Waals surface area contributed by atoms with E-state index in [2.05, 4.69) is 4.98 Å². The first-order valence-electron chi connectivity index (χ1n) is 5.83. The quantitative estimate of drug-likeness (QED) is 0.664. The zero-order chi connectivity index (χ0) is 15.2. The second-order valence-corrected chi connectivity index (χ2v) is 5.88. The van der Waals surface area contributed by atoms with Crippen LogP contribution >= 0.6 is 0 Å². The van der Waals surface area contributed by atoms with Gasteiger partial charge >= 0.3 is 5.97 Å². The predicted molar refractivity (Wildman–Crippen MR) is 70.3 cm³/mol. The molecule has 0 atom stereocenters. The third kappa shape index (κ3) is 4.04. The molecule has 9 heteroatoms. The standard InChI is InChI=1S/C11H18N2O6S/c1-18-5-3-13(4-6-19-2)20(16,17)9-7-10(11(14)15)12-8-9/h7-8,12H,3-6H2,1-2H3,(H,14,15). The number of aromatic carboxylic acids is 1. The van der Waals surface area contributed by atoms with Crippen molar-refractivity contribution in [3.05, 3.63) is 18.0 Å². The molecular weight excluding hydrogens is 288 g/mol. The van der Waals surface area contributed by atoms with E-state index in [4.69, 9.17) is 14.6 Å². The van der Waals surface area contributed by atoms with Crippen LogP contribution < -0.4 is 0 Å². The Labute approximate surface area is 117 Å². The molecule has 0 aromatic carbocycles. The molecule has 0 aliphatic heterocycles. The number of aromatic amines is 1. The van der Waals surface area contributed by atoms with Crippen LogP contribution in [0, 0.1) is 0 Å². The van der Waals surface area contributed by atoms with E-state index in [0.717, 1.165) is 12.3 Å². The lowest BCUT2D eigenvalue weighted by molar-refractivity contribution is 0.0691. The number of ether oxygens (including phenoxy) is 2. The van der Waals surface area contributed by atoms with Crippen molar-refractivity contribution in [2.24, 2.45) is 0 Å². The summed E-state index contributed by atoms with van der Waals surface area (Å²) in [4.78, 5) is 13.1. The van der Waals surface area contributed by atoms with E-state index in [1.54, 1.807) is 0 Å². The number of methoxy groups -OCH3 is 2. The van der Waals surface area contributed by atoms with Crippen LogP contribution in [0.3, 0.4) is 0 Å². The summed E-state index contributed by atoms with van der Waals surface area (Å²) in [6.07, 6.45) is 1.16. The van der Waals surface area contributed by atoms with Gasteiger partial charge in [-0.2, -0.15) is 4.31 Å². The smallest absolute Gasteiger partial charge is 0.352 e. The summed E-state index contributed by atoms with van der Waals surface area (Å²) in [5.41, 5.74) is -0.179. The molecule has 0 amide bonds. The maximum Gasteiger partial charge on any atom is 0.352 e. The molecule has 0 radical (unpaired) electrons. The largest absolute Gasteiger partial charge is 0.477 e. The van der Waals surface area contributed by atoms with E-state index >= 15 is 0 Å². The molecule has 1 aromatic rings. The van der Waals surface area contributed by atoms with Crippen molar-refractivity contribution in [3.8, 4) is 0 Å². The Hall–Kier alpha value is -1.42. The van der Waals surface area contributed by atoms with Gasteiger partial charge in [-0.15, -0.1) is 0 Å². The van der Waals surface area contributed by atoms with Gasteiger partial charge in [-0.3, -0.25) is 0 Å². The average Bonchev–Trinajstić information content (AvgIpc) is 2.89. The number of aromatic nitrogens is 1. The number of carboxylic acid groups (broad SMARTS) is 1. The number of hydrogen-bond donors (Lipinski definition) is 2. The summed E-state index contributed by atoms with van der Waals surface area (Å²) in [6, 6.07) is 1.09. The first-order chi connectivity index (χ1) is 9.43. The molecule has 0 saturated heterocycles. The minimum atomic E-state index is -3.78. The van der Waals surface area contributed by atoms with Crippen LogP contribution in [-0.4, -0.2) is 69.3 Å². The molecule has 0 bridgehead atoms. The number of H-pyrrole nitrogens is 1. The van der Waals surface area contributed by atoms with Crippen molar-refractivity contribution >= 4 is 16.0 Å². The van der Waals surface area contributed by atoms with E-state index in [9.17, 15) is 13.2 Å². The van der Waals surface area contributed by atoms with Gasteiger partial charge < -0.3 is 19.6 Å². The van der Waals surface area contributed by atoms with Gasteiger partial charge in [-0.25, -0.2) is 13.2 Å². The highest BCUT2D eigenvalue weighted by atomic mass is 32.2. The Morgan fingerprint density at radius 2 is 1.85 bits per heavy atom. The third-order valence-corrected chi connectivity index (χ3v) is 4.49. The fourth-order valence-electron chi connectivity index (χ4n) is 1.53. The SMILES string of the molecule is COCCN(CCOC)S(=O)(=O)c1c[nH]c(C(=O)O)c1. The summed E-state index contributed by atoms with van der Waals surface area (Å²) < 4.78 is 35.7. The molecule has 0 fully saturated rings. The molecule has 0 aliphatic rings. The molecule has 0 unspecified atom stereocenters. The second kappa shape index (κ2) is 7.39. The highest BCUT2D eigenvalue weighted by molar-refractivity contribution is 7.89. The van der Waals surface area contributed by atoms with Crippen LogP contribution in [0.5, 0.6) is 0 Å². The fraction of sp³-hybridized carbons (Fsp3) is 0.545. The van der Waals surface area contributed by atoms with Gasteiger partial charge in [-0.05, 0) is 6.07 Å². The van der Waals surface area contributed by atoms with Crippen molar-refractivity contribution in [3.63, 3.8) is 0 Å². The third-order valence-electron chi connectivity index (χ3n) is 2.61. The molecule has 2 N–H and O–H groups in total. The molecule has 0 spiro atoms. The maximum atomic E-state index is 12.4. The Morgan fingerprint density at radius 3 is 2.25 bits per heavy atom. The Bertz CT molecular complexity index is 531. The molecular formula is C11H18N2O6S. The van der Waals surface area contributed by atoms with Gasteiger partial charge in [0.15, 0.2) is 0 Å². The van der Waals surface area contributed by atoms with Crippen molar-refractivity contribution in [1.29, 1.82) is 0 Å². The van der Waals surface area contributed by atoms with Gasteiger partial charge in [0, 0.05) is 33.5 Å². The molecule has 1 rings (SSSR count). The van der Waals surface area contributed by atoms with Crippen molar-refractivity contribution in [2.45, 2.75) is 4.90 Å². The van der Waals surface area contributed by atoms with Gasteiger partial charge in [-0.1, -0.05) is 0 Å². The lowest BCUT2D eigenvalue weighted by Crippen LogP contribution is -2.36. The van der Waals surface area contributed by atoms with Crippen molar-refractivity contribution < 1.29 is 27.8 Å². The number of carbonyl (C=O) groups is 1. The molecule has 0 aliphatic carbocycles. The summed E-state index contributed by atoms with van der Waals surface area (Å²) in [6.45, 7) is 0.796. The lowest BCUT2D eigenvalue weighted by atomic mass is 10.4. The van der Waals surface area contributed by atoms with Crippen LogP contribution in [0.15, 0.2) is 17.2 Å². The van der Waals surface area contributed by atoms with Crippen molar-refractivity contribution in [2.75, 3.05) is 40.5 Å². The van der Waals surface area contributed by atoms with E-state index in [1.165, 1.54) is 18.5 Å². The summed E-state index contributed by atoms with van der Waals surface area (Å²) in [7, 11) is -0.835. The molecule has 1 aromatic heterocycles.